The van der Waals surface area contributed by atoms with Crippen LogP contribution in [0.15, 0.2) is 48.5 Å². The van der Waals surface area contributed by atoms with E-state index in [0.717, 1.165) is 25.3 Å². The van der Waals surface area contributed by atoms with Crippen molar-refractivity contribution < 1.29 is 4.74 Å². The zero-order valence-electron chi connectivity index (χ0n) is 14.8. The summed E-state index contributed by atoms with van der Waals surface area (Å²) in [5, 5.41) is 0. The van der Waals surface area contributed by atoms with E-state index in [4.69, 9.17) is 4.74 Å². The Hall–Kier alpha value is -2.00. The molecule has 0 saturated carbocycles. The third-order valence-electron chi connectivity index (χ3n) is 5.93. The molecule has 3 heteroatoms. The van der Waals surface area contributed by atoms with Gasteiger partial charge >= 0.3 is 0 Å². The first-order chi connectivity index (χ1) is 11.6. The van der Waals surface area contributed by atoms with Gasteiger partial charge in [0.2, 0.25) is 0 Å². The van der Waals surface area contributed by atoms with Gasteiger partial charge in [0, 0.05) is 31.2 Å². The summed E-state index contributed by atoms with van der Waals surface area (Å²) in [5.74, 6) is 0.965. The number of hydrogen-bond donors (Lipinski definition) is 0. The minimum absolute atomic E-state index is 0.190. The fraction of sp³-hybridized carbons (Fsp3) is 0.429. The first kappa shape index (κ1) is 15.5. The third kappa shape index (κ3) is 2.30. The average molecular weight is 322 g/mol. The number of methoxy groups -OCH3 is 1. The molecule has 2 atom stereocenters. The monoisotopic (exact) mass is 322 g/mol. The van der Waals surface area contributed by atoms with E-state index in [1.165, 1.54) is 23.2 Å². The van der Waals surface area contributed by atoms with Gasteiger partial charge in [-0.1, -0.05) is 37.3 Å². The normalized spacial score (nSPS) is 25.6. The van der Waals surface area contributed by atoms with Gasteiger partial charge in [-0.25, -0.2) is 0 Å². The maximum absolute atomic E-state index is 5.47. The molecular formula is C21H26N2O. The Morgan fingerprint density at radius 2 is 1.96 bits per heavy atom. The van der Waals surface area contributed by atoms with E-state index < -0.39 is 0 Å². The number of likely N-dealkylation sites (N-methyl/N-ethyl adjacent to an activating group) is 1. The summed E-state index contributed by atoms with van der Waals surface area (Å²) >= 11 is 0. The molecule has 0 bridgehead atoms. The summed E-state index contributed by atoms with van der Waals surface area (Å²) in [4.78, 5) is 5.12. The average Bonchev–Trinajstić information content (AvgIpc) is 3.07. The Morgan fingerprint density at radius 1 is 1.17 bits per heavy atom. The van der Waals surface area contributed by atoms with Crippen LogP contribution in [0.4, 0.5) is 5.69 Å². The van der Waals surface area contributed by atoms with Gasteiger partial charge in [0.05, 0.1) is 13.3 Å². The zero-order valence-corrected chi connectivity index (χ0v) is 14.8. The van der Waals surface area contributed by atoms with E-state index >= 15 is 0 Å². The molecular weight excluding hydrogens is 296 g/mol. The molecule has 126 valence electrons. The van der Waals surface area contributed by atoms with Crippen LogP contribution in [0, 0.1) is 0 Å². The molecule has 2 heterocycles. The second kappa shape index (κ2) is 5.82. The van der Waals surface area contributed by atoms with Gasteiger partial charge < -0.3 is 9.64 Å². The third-order valence-corrected chi connectivity index (χ3v) is 5.93. The topological polar surface area (TPSA) is 15.7 Å². The van der Waals surface area contributed by atoms with Crippen molar-refractivity contribution >= 4 is 5.69 Å². The SMILES string of the molecule is COc1ccc2c(c1)[C@]1(C)CCN(CCc3ccccc3)[C@@H]1N2C. The van der Waals surface area contributed by atoms with Crippen LogP contribution in [-0.2, 0) is 11.8 Å². The minimum Gasteiger partial charge on any atom is -0.497 e. The Kier molecular flexibility index (Phi) is 3.76. The van der Waals surface area contributed by atoms with E-state index in [9.17, 15) is 0 Å². The first-order valence-corrected chi connectivity index (χ1v) is 8.83. The van der Waals surface area contributed by atoms with E-state index in [2.05, 4.69) is 72.3 Å². The lowest BCUT2D eigenvalue weighted by Crippen LogP contribution is -2.47. The van der Waals surface area contributed by atoms with Gasteiger partial charge in [-0.2, -0.15) is 0 Å². The molecule has 0 aliphatic carbocycles. The molecule has 2 aliphatic heterocycles. The van der Waals surface area contributed by atoms with E-state index in [0.29, 0.717) is 6.17 Å². The minimum atomic E-state index is 0.190. The van der Waals surface area contributed by atoms with Gasteiger partial charge in [-0.15, -0.1) is 0 Å². The zero-order chi connectivity index (χ0) is 16.7. The van der Waals surface area contributed by atoms with Crippen LogP contribution < -0.4 is 9.64 Å². The largest absolute Gasteiger partial charge is 0.497 e. The molecule has 0 spiro atoms. The van der Waals surface area contributed by atoms with Gasteiger partial charge in [0.15, 0.2) is 0 Å². The van der Waals surface area contributed by atoms with Crippen molar-refractivity contribution in [3.63, 3.8) is 0 Å². The number of nitrogens with zero attached hydrogens (tertiary/aromatic N) is 2. The number of anilines is 1. The van der Waals surface area contributed by atoms with Gasteiger partial charge in [-0.3, -0.25) is 4.90 Å². The smallest absolute Gasteiger partial charge is 0.119 e. The van der Waals surface area contributed by atoms with Crippen LogP contribution in [0.3, 0.4) is 0 Å². The Balaban J connectivity index is 1.58. The summed E-state index contributed by atoms with van der Waals surface area (Å²) in [6, 6.07) is 17.3. The molecule has 24 heavy (non-hydrogen) atoms. The molecule has 1 fully saturated rings. The van der Waals surface area contributed by atoms with Crippen molar-refractivity contribution in [2.24, 2.45) is 0 Å². The van der Waals surface area contributed by atoms with Crippen molar-refractivity contribution in [3.8, 4) is 5.75 Å². The highest BCUT2D eigenvalue weighted by Gasteiger charge is 2.53. The summed E-state index contributed by atoms with van der Waals surface area (Å²) in [6.07, 6.45) is 2.76. The summed E-state index contributed by atoms with van der Waals surface area (Å²) < 4.78 is 5.47. The predicted octanol–water partition coefficient (Wildman–Crippen LogP) is 3.68. The lowest BCUT2D eigenvalue weighted by atomic mass is 9.81. The molecule has 2 aromatic rings. The molecule has 2 aromatic carbocycles. The highest BCUT2D eigenvalue weighted by atomic mass is 16.5. The van der Waals surface area contributed by atoms with E-state index in [1.807, 2.05) is 0 Å². The Morgan fingerprint density at radius 3 is 2.71 bits per heavy atom. The van der Waals surface area contributed by atoms with Crippen LogP contribution in [0.5, 0.6) is 5.75 Å². The van der Waals surface area contributed by atoms with Crippen molar-refractivity contribution in [3.05, 3.63) is 59.7 Å². The molecule has 0 amide bonds. The standard InChI is InChI=1S/C21H26N2O/c1-21-12-14-23(13-11-16-7-5-4-6-8-16)20(21)22(2)19-10-9-17(24-3)15-18(19)21/h4-10,15,20H,11-14H2,1-3H3/t20-,21-/m0/s1. The number of ether oxygens (including phenoxy) is 1. The fourth-order valence-electron chi connectivity index (χ4n) is 4.67. The fourth-order valence-corrected chi connectivity index (χ4v) is 4.67. The highest BCUT2D eigenvalue weighted by molar-refractivity contribution is 5.66. The molecule has 0 N–H and O–H groups in total. The van der Waals surface area contributed by atoms with E-state index in [1.54, 1.807) is 7.11 Å². The maximum Gasteiger partial charge on any atom is 0.119 e. The summed E-state index contributed by atoms with van der Waals surface area (Å²) in [6.45, 7) is 4.69. The van der Waals surface area contributed by atoms with Crippen LogP contribution in [0.1, 0.15) is 24.5 Å². The first-order valence-electron chi connectivity index (χ1n) is 8.83. The Labute approximate surface area is 144 Å². The highest BCUT2D eigenvalue weighted by Crippen LogP contribution is 2.52. The quantitative estimate of drug-likeness (QED) is 0.854. The van der Waals surface area contributed by atoms with Crippen molar-refractivity contribution in [2.45, 2.75) is 31.3 Å². The maximum atomic E-state index is 5.47. The predicted molar refractivity (Wildman–Crippen MR) is 98.9 cm³/mol. The molecule has 0 aromatic heterocycles. The molecule has 4 rings (SSSR count). The van der Waals surface area contributed by atoms with Crippen LogP contribution in [0.25, 0.3) is 0 Å². The summed E-state index contributed by atoms with van der Waals surface area (Å²) in [5.41, 5.74) is 4.41. The van der Waals surface area contributed by atoms with Crippen LogP contribution in [-0.4, -0.2) is 38.3 Å². The molecule has 0 radical (unpaired) electrons. The van der Waals surface area contributed by atoms with E-state index in [-0.39, 0.29) is 5.41 Å². The molecule has 1 saturated heterocycles. The van der Waals surface area contributed by atoms with Gasteiger partial charge in [-0.05, 0) is 42.2 Å². The molecule has 2 aliphatic rings. The number of fused-ring (bicyclic) bond motifs is 3. The van der Waals surface area contributed by atoms with Crippen molar-refractivity contribution in [2.75, 3.05) is 32.1 Å². The number of hydrogen-bond acceptors (Lipinski definition) is 3. The molecule has 3 nitrogen and oxygen atoms in total. The summed E-state index contributed by atoms with van der Waals surface area (Å²) in [7, 11) is 3.99. The van der Waals surface area contributed by atoms with Crippen molar-refractivity contribution in [1.82, 2.24) is 4.90 Å². The van der Waals surface area contributed by atoms with Gasteiger partial charge in [0.1, 0.15) is 5.75 Å². The molecule has 0 unspecified atom stereocenters. The van der Waals surface area contributed by atoms with Gasteiger partial charge in [0.25, 0.3) is 0 Å². The lowest BCUT2D eigenvalue weighted by molar-refractivity contribution is 0.226. The van der Waals surface area contributed by atoms with Crippen LogP contribution in [0.2, 0.25) is 0 Å². The number of likely N-dealkylation sites (tertiary alicyclic amines) is 1. The van der Waals surface area contributed by atoms with Crippen LogP contribution >= 0.6 is 0 Å². The van der Waals surface area contributed by atoms with Crippen molar-refractivity contribution in [1.29, 1.82) is 0 Å². The second-order valence-corrected chi connectivity index (χ2v) is 7.31. The second-order valence-electron chi connectivity index (χ2n) is 7.31. The number of rotatable bonds is 4. The number of benzene rings is 2. The Bertz CT molecular complexity index is 730. The lowest BCUT2D eigenvalue weighted by Gasteiger charge is -2.34.